The number of ether oxygens (including phenoxy) is 2. The molecule has 0 amide bonds. The van der Waals surface area contributed by atoms with E-state index >= 15 is 0 Å². The maximum Gasteiger partial charge on any atom is 0.323 e. The predicted octanol–water partition coefficient (Wildman–Crippen LogP) is 2.24. The lowest BCUT2D eigenvalue weighted by Gasteiger charge is -2.24. The van der Waals surface area contributed by atoms with Crippen molar-refractivity contribution in [2.45, 2.75) is 24.5 Å². The minimum atomic E-state index is -3.84. The minimum absolute atomic E-state index is 0.114. The Hall–Kier alpha value is -2.58. The molecule has 1 atom stereocenters. The third-order valence-electron chi connectivity index (χ3n) is 4.41. The highest BCUT2D eigenvalue weighted by Crippen LogP contribution is 2.32. The van der Waals surface area contributed by atoms with E-state index in [4.69, 9.17) is 9.47 Å². The van der Waals surface area contributed by atoms with Crippen LogP contribution in [-0.4, -0.2) is 44.9 Å². The van der Waals surface area contributed by atoms with E-state index in [0.29, 0.717) is 24.6 Å². The quantitative estimate of drug-likeness (QED) is 0.788. The number of rotatable bonds is 5. The van der Waals surface area contributed by atoms with Crippen molar-refractivity contribution in [3.8, 4) is 5.75 Å². The topological polar surface area (TPSA) is 84.9 Å². The lowest BCUT2D eigenvalue weighted by molar-refractivity contribution is -0.144. The molecule has 7 nitrogen and oxygen atoms in total. The number of esters is 1. The summed E-state index contributed by atoms with van der Waals surface area (Å²) in [7, 11) is -2.60. The van der Waals surface area contributed by atoms with Crippen molar-refractivity contribution in [3.63, 3.8) is 0 Å². The Morgan fingerprint density at radius 1 is 1.22 bits per heavy atom. The van der Waals surface area contributed by atoms with Crippen molar-refractivity contribution in [3.05, 3.63) is 54.1 Å². The Morgan fingerprint density at radius 2 is 1.96 bits per heavy atom. The number of nitrogens with one attached hydrogen (secondary N) is 1. The van der Waals surface area contributed by atoms with Gasteiger partial charge in [0.25, 0.3) is 0 Å². The van der Waals surface area contributed by atoms with Crippen LogP contribution in [0.15, 0.2) is 53.4 Å². The second-order valence-corrected chi connectivity index (χ2v) is 8.03. The summed E-state index contributed by atoms with van der Waals surface area (Å²) < 4.78 is 37.7. The summed E-state index contributed by atoms with van der Waals surface area (Å²) in [6, 6.07) is 13.6. The number of hydrogen-bond donors (Lipinski definition) is 1. The van der Waals surface area contributed by atoms with Crippen LogP contribution in [0.1, 0.15) is 12.5 Å². The summed E-state index contributed by atoms with van der Waals surface area (Å²) in [5.74, 6) is -0.0281. The zero-order valence-corrected chi connectivity index (χ0v) is 16.0. The van der Waals surface area contributed by atoms with Crippen LogP contribution in [0.2, 0.25) is 0 Å². The van der Waals surface area contributed by atoms with Gasteiger partial charge >= 0.3 is 5.97 Å². The summed E-state index contributed by atoms with van der Waals surface area (Å²) in [5.41, 5.74) is 1.48. The average molecular weight is 390 g/mol. The highest BCUT2D eigenvalue weighted by atomic mass is 32.2. The summed E-state index contributed by atoms with van der Waals surface area (Å²) in [5, 5.41) is 3.11. The van der Waals surface area contributed by atoms with E-state index in [1.165, 1.54) is 20.1 Å². The van der Waals surface area contributed by atoms with Crippen molar-refractivity contribution in [2.75, 3.05) is 25.5 Å². The summed E-state index contributed by atoms with van der Waals surface area (Å²) >= 11 is 0. The molecule has 27 heavy (non-hydrogen) atoms. The Morgan fingerprint density at radius 3 is 2.67 bits per heavy atom. The van der Waals surface area contributed by atoms with Crippen molar-refractivity contribution in [1.82, 2.24) is 4.31 Å². The first kappa shape index (κ1) is 19.2. The number of fused-ring (bicyclic) bond motifs is 1. The van der Waals surface area contributed by atoms with Crippen molar-refractivity contribution >= 4 is 21.7 Å². The molecule has 0 bridgehead atoms. The number of carbonyl (C=O) groups is 1. The van der Waals surface area contributed by atoms with Gasteiger partial charge in [0.05, 0.1) is 12.8 Å². The minimum Gasteiger partial charge on any atom is -0.489 e. The summed E-state index contributed by atoms with van der Waals surface area (Å²) in [4.78, 5) is 11.9. The molecule has 0 radical (unpaired) electrons. The number of benzene rings is 2. The van der Waals surface area contributed by atoms with Gasteiger partial charge in [-0.25, -0.2) is 8.42 Å². The van der Waals surface area contributed by atoms with Gasteiger partial charge < -0.3 is 14.8 Å². The van der Waals surface area contributed by atoms with Crippen LogP contribution in [0, 0.1) is 0 Å². The van der Waals surface area contributed by atoms with Gasteiger partial charge in [-0.2, -0.15) is 4.31 Å². The monoisotopic (exact) mass is 390 g/mol. The van der Waals surface area contributed by atoms with E-state index in [0.717, 1.165) is 9.87 Å². The Balaban J connectivity index is 1.84. The van der Waals surface area contributed by atoms with Crippen molar-refractivity contribution < 1.29 is 22.7 Å². The molecule has 0 saturated heterocycles. The van der Waals surface area contributed by atoms with Gasteiger partial charge in [-0.15, -0.1) is 0 Å². The molecule has 2 aromatic rings. The zero-order valence-electron chi connectivity index (χ0n) is 15.2. The zero-order chi connectivity index (χ0) is 19.4. The number of carbonyl (C=O) groups excluding carboxylic acids is 1. The maximum absolute atomic E-state index is 13.0. The molecular weight excluding hydrogens is 368 g/mol. The standard InChI is InChI=1S/C19H22N2O5S/c1-14(19(22)25-2)21-11-10-20-17-12-16(8-9-18(17)27(21,23)24)26-13-15-6-4-3-5-7-15/h3-9,12,14,20H,10-11,13H2,1-2H3/t14-/m1/s1. The maximum atomic E-state index is 13.0. The lowest BCUT2D eigenvalue weighted by atomic mass is 10.2. The number of hydrogen-bond acceptors (Lipinski definition) is 6. The van der Waals surface area contributed by atoms with Gasteiger partial charge in [0.1, 0.15) is 23.3 Å². The highest BCUT2D eigenvalue weighted by Gasteiger charge is 2.36. The van der Waals surface area contributed by atoms with E-state index < -0.39 is 22.0 Å². The Kier molecular flexibility index (Phi) is 5.67. The molecule has 144 valence electrons. The van der Waals surface area contributed by atoms with Crippen LogP contribution in [0.25, 0.3) is 0 Å². The SMILES string of the molecule is COC(=O)[C@@H](C)N1CCNc2cc(OCc3ccccc3)ccc2S1(=O)=O. The van der Waals surface area contributed by atoms with E-state index in [-0.39, 0.29) is 11.4 Å². The Bertz CT molecular complexity index is 915. The molecule has 0 saturated carbocycles. The highest BCUT2D eigenvalue weighted by molar-refractivity contribution is 7.89. The van der Waals surface area contributed by atoms with E-state index in [1.807, 2.05) is 30.3 Å². The lowest BCUT2D eigenvalue weighted by Crippen LogP contribution is -2.44. The molecule has 1 aliphatic heterocycles. The van der Waals surface area contributed by atoms with E-state index in [9.17, 15) is 13.2 Å². The third-order valence-corrected chi connectivity index (χ3v) is 6.44. The number of methoxy groups -OCH3 is 1. The molecular formula is C19H22N2O5S. The molecule has 0 aliphatic carbocycles. The average Bonchev–Trinajstić information content (AvgIpc) is 2.81. The first-order chi connectivity index (χ1) is 12.9. The Labute approximate surface area is 158 Å². The van der Waals surface area contributed by atoms with Gasteiger partial charge in [-0.1, -0.05) is 30.3 Å². The van der Waals surface area contributed by atoms with Gasteiger partial charge in [-0.3, -0.25) is 4.79 Å². The van der Waals surface area contributed by atoms with Crippen LogP contribution in [0.3, 0.4) is 0 Å². The fourth-order valence-electron chi connectivity index (χ4n) is 2.94. The van der Waals surface area contributed by atoms with Crippen LogP contribution in [0.4, 0.5) is 5.69 Å². The van der Waals surface area contributed by atoms with E-state index in [1.54, 1.807) is 12.1 Å². The number of nitrogens with zero attached hydrogens (tertiary/aromatic N) is 1. The first-order valence-electron chi connectivity index (χ1n) is 8.58. The van der Waals surface area contributed by atoms with Crippen LogP contribution < -0.4 is 10.1 Å². The number of sulfonamides is 1. The second-order valence-electron chi connectivity index (χ2n) is 6.17. The van der Waals surface area contributed by atoms with Gasteiger partial charge in [-0.05, 0) is 24.6 Å². The van der Waals surface area contributed by atoms with Crippen molar-refractivity contribution in [1.29, 1.82) is 0 Å². The summed E-state index contributed by atoms with van der Waals surface area (Å²) in [6.07, 6.45) is 0. The van der Waals surface area contributed by atoms with Crippen LogP contribution in [0.5, 0.6) is 5.75 Å². The normalized spacial score (nSPS) is 17.1. The van der Waals surface area contributed by atoms with Crippen LogP contribution >= 0.6 is 0 Å². The second kappa shape index (κ2) is 7.98. The number of anilines is 1. The van der Waals surface area contributed by atoms with E-state index in [2.05, 4.69) is 5.32 Å². The molecule has 1 N–H and O–H groups in total. The fourth-order valence-corrected chi connectivity index (χ4v) is 4.68. The largest absolute Gasteiger partial charge is 0.489 e. The van der Waals surface area contributed by atoms with Crippen molar-refractivity contribution in [2.24, 2.45) is 0 Å². The fraction of sp³-hybridized carbons (Fsp3) is 0.316. The van der Waals surface area contributed by atoms with Crippen LogP contribution in [-0.2, 0) is 26.2 Å². The molecule has 2 aromatic carbocycles. The molecule has 0 unspecified atom stereocenters. The summed E-state index contributed by atoms with van der Waals surface area (Å²) in [6.45, 7) is 2.44. The molecule has 3 rings (SSSR count). The van der Waals surface area contributed by atoms with Gasteiger partial charge in [0.2, 0.25) is 10.0 Å². The smallest absolute Gasteiger partial charge is 0.323 e. The molecule has 1 aliphatic rings. The molecule has 8 heteroatoms. The molecule has 1 heterocycles. The van der Waals surface area contributed by atoms with Gasteiger partial charge in [0, 0.05) is 19.2 Å². The first-order valence-corrected chi connectivity index (χ1v) is 10.0. The molecule has 0 fully saturated rings. The molecule has 0 spiro atoms. The van der Waals surface area contributed by atoms with Gasteiger partial charge in [0.15, 0.2) is 0 Å². The molecule has 0 aromatic heterocycles. The third kappa shape index (κ3) is 4.06. The predicted molar refractivity (Wildman–Crippen MR) is 101 cm³/mol.